The van der Waals surface area contributed by atoms with Crippen molar-refractivity contribution < 1.29 is 13.2 Å². The monoisotopic (exact) mass is 478 g/mol. The molecule has 1 saturated carbocycles. The number of thioether (sulfide) groups is 1. The van der Waals surface area contributed by atoms with Gasteiger partial charge in [-0.15, -0.1) is 5.10 Å². The first-order chi connectivity index (χ1) is 15.3. The maximum absolute atomic E-state index is 13.0. The van der Waals surface area contributed by atoms with Crippen molar-refractivity contribution in [1.29, 1.82) is 0 Å². The van der Waals surface area contributed by atoms with Gasteiger partial charge >= 0.3 is 0 Å². The van der Waals surface area contributed by atoms with Crippen LogP contribution in [0.1, 0.15) is 52.0 Å². The third-order valence-corrected chi connectivity index (χ3v) is 8.86. The Morgan fingerprint density at radius 1 is 1.12 bits per heavy atom. The maximum atomic E-state index is 13.0. The molecule has 4 rings (SSSR count). The first kappa shape index (κ1) is 23.2. The number of hydrogen-bond acceptors (Lipinski definition) is 7. The number of anilines is 1. The maximum Gasteiger partial charge on any atom is 0.243 e. The van der Waals surface area contributed by atoms with E-state index in [2.05, 4.69) is 34.7 Å². The molecule has 32 heavy (non-hydrogen) atoms. The second kappa shape index (κ2) is 9.88. The molecular formula is C21H30N6O3S2. The van der Waals surface area contributed by atoms with E-state index in [0.717, 1.165) is 19.3 Å². The van der Waals surface area contributed by atoms with Gasteiger partial charge in [-0.3, -0.25) is 4.79 Å². The quantitative estimate of drug-likeness (QED) is 0.609. The predicted molar refractivity (Wildman–Crippen MR) is 123 cm³/mol. The van der Waals surface area contributed by atoms with Crippen molar-refractivity contribution in [3.05, 3.63) is 24.3 Å². The predicted octanol–water partition coefficient (Wildman–Crippen LogP) is 3.19. The smallest absolute Gasteiger partial charge is 0.243 e. The van der Waals surface area contributed by atoms with Crippen LogP contribution in [0.25, 0.3) is 0 Å². The van der Waals surface area contributed by atoms with E-state index >= 15 is 0 Å². The summed E-state index contributed by atoms with van der Waals surface area (Å²) in [4.78, 5) is 12.7. The molecule has 0 spiro atoms. The van der Waals surface area contributed by atoms with Gasteiger partial charge in [-0.1, -0.05) is 38.5 Å². The molecule has 2 atom stereocenters. The van der Waals surface area contributed by atoms with Crippen LogP contribution in [-0.4, -0.2) is 57.7 Å². The zero-order valence-corrected chi connectivity index (χ0v) is 20.1. The molecule has 9 nitrogen and oxygen atoms in total. The van der Waals surface area contributed by atoms with Crippen LogP contribution in [0.15, 0.2) is 34.3 Å². The zero-order chi connectivity index (χ0) is 22.7. The average Bonchev–Trinajstić information content (AvgIpc) is 3.43. The molecule has 1 aliphatic heterocycles. The van der Waals surface area contributed by atoms with Crippen LogP contribution in [0.2, 0.25) is 0 Å². The van der Waals surface area contributed by atoms with Gasteiger partial charge in [-0.05, 0) is 65.8 Å². The molecule has 11 heteroatoms. The van der Waals surface area contributed by atoms with Crippen LogP contribution in [0.5, 0.6) is 0 Å². The molecule has 0 radical (unpaired) electrons. The Hall–Kier alpha value is -1.98. The lowest BCUT2D eigenvalue weighted by atomic mass is 9.94. The minimum Gasteiger partial charge on any atom is -0.325 e. The van der Waals surface area contributed by atoms with E-state index in [9.17, 15) is 13.2 Å². The average molecular weight is 479 g/mol. The van der Waals surface area contributed by atoms with Crippen molar-refractivity contribution >= 4 is 33.4 Å². The SMILES string of the molecule is C[C@@H]1C[C@H](C)CN(S(=O)(=O)c2ccc(NC(=O)CSc3nnnn3C3CCCC3)cc2)C1. The lowest BCUT2D eigenvalue weighted by Gasteiger charge is -2.34. The number of carbonyl (C=O) groups is 1. The van der Waals surface area contributed by atoms with Crippen LogP contribution in [0, 0.1) is 11.8 Å². The van der Waals surface area contributed by atoms with Gasteiger partial charge in [0.15, 0.2) is 0 Å². The fourth-order valence-electron chi connectivity index (χ4n) is 4.65. The Balaban J connectivity index is 1.34. The van der Waals surface area contributed by atoms with Crippen LogP contribution in [0.4, 0.5) is 5.69 Å². The Bertz CT molecular complexity index is 1020. The van der Waals surface area contributed by atoms with Gasteiger partial charge < -0.3 is 5.32 Å². The number of rotatable bonds is 7. The number of aromatic nitrogens is 4. The van der Waals surface area contributed by atoms with Gasteiger partial charge in [0.25, 0.3) is 0 Å². The van der Waals surface area contributed by atoms with Gasteiger partial charge in [-0.25, -0.2) is 13.1 Å². The van der Waals surface area contributed by atoms with E-state index in [1.807, 2.05) is 4.68 Å². The number of tetrazole rings is 1. The Morgan fingerprint density at radius 3 is 2.44 bits per heavy atom. The molecule has 1 amide bonds. The van der Waals surface area contributed by atoms with Crippen molar-refractivity contribution in [2.45, 2.75) is 62.0 Å². The first-order valence-electron chi connectivity index (χ1n) is 11.1. The van der Waals surface area contributed by atoms with E-state index in [1.54, 1.807) is 28.6 Å². The van der Waals surface area contributed by atoms with Crippen molar-refractivity contribution in [2.75, 3.05) is 24.2 Å². The standard InChI is InChI=1S/C21H30N6O3S2/c1-15-11-16(2)13-26(12-15)32(29,30)19-9-7-17(8-10-19)22-20(28)14-31-21-23-24-25-27(21)18-5-3-4-6-18/h7-10,15-16,18H,3-6,11-14H2,1-2H3,(H,22,28)/t15-,16+. The molecule has 2 aromatic rings. The van der Waals surface area contributed by atoms with Crippen LogP contribution in [-0.2, 0) is 14.8 Å². The molecule has 1 aromatic carbocycles. The number of carbonyl (C=O) groups excluding carboxylic acids is 1. The highest BCUT2D eigenvalue weighted by atomic mass is 32.2. The number of nitrogens with zero attached hydrogens (tertiary/aromatic N) is 5. The summed E-state index contributed by atoms with van der Waals surface area (Å²) < 4.78 is 29.4. The third kappa shape index (κ3) is 5.32. The lowest BCUT2D eigenvalue weighted by molar-refractivity contribution is -0.113. The largest absolute Gasteiger partial charge is 0.325 e. The Labute approximate surface area is 193 Å². The van der Waals surface area contributed by atoms with Crippen molar-refractivity contribution in [2.24, 2.45) is 11.8 Å². The zero-order valence-electron chi connectivity index (χ0n) is 18.5. The summed E-state index contributed by atoms with van der Waals surface area (Å²) in [6.45, 7) is 5.26. The Morgan fingerprint density at radius 2 is 1.78 bits per heavy atom. The van der Waals surface area contributed by atoms with Gasteiger partial charge in [0.2, 0.25) is 21.1 Å². The molecule has 2 heterocycles. The normalized spacial score (nSPS) is 22.8. The second-order valence-corrected chi connectivity index (χ2v) is 11.9. The number of piperidine rings is 1. The molecule has 1 aliphatic carbocycles. The van der Waals surface area contributed by atoms with Gasteiger partial charge in [0.05, 0.1) is 16.7 Å². The van der Waals surface area contributed by atoms with E-state index in [1.165, 1.54) is 24.6 Å². The van der Waals surface area contributed by atoms with Gasteiger partial charge in [0.1, 0.15) is 0 Å². The summed E-state index contributed by atoms with van der Waals surface area (Å²) in [7, 11) is -3.53. The number of sulfonamides is 1. The van der Waals surface area contributed by atoms with Crippen molar-refractivity contribution in [1.82, 2.24) is 24.5 Å². The van der Waals surface area contributed by atoms with E-state index in [-0.39, 0.29) is 16.6 Å². The summed E-state index contributed by atoms with van der Waals surface area (Å²) >= 11 is 1.31. The van der Waals surface area contributed by atoms with Crippen molar-refractivity contribution in [3.63, 3.8) is 0 Å². The Kier molecular flexibility index (Phi) is 7.16. The molecule has 0 bridgehead atoms. The molecule has 0 unspecified atom stereocenters. The number of nitrogens with one attached hydrogen (secondary N) is 1. The van der Waals surface area contributed by atoms with Crippen molar-refractivity contribution in [3.8, 4) is 0 Å². The fraction of sp³-hybridized carbons (Fsp3) is 0.619. The number of benzene rings is 1. The summed E-state index contributed by atoms with van der Waals surface area (Å²) in [6, 6.07) is 6.70. The molecule has 2 fully saturated rings. The molecule has 174 valence electrons. The minimum absolute atomic E-state index is 0.177. The minimum atomic E-state index is -3.53. The molecular weight excluding hydrogens is 448 g/mol. The highest BCUT2D eigenvalue weighted by Crippen LogP contribution is 2.31. The van der Waals surface area contributed by atoms with E-state index in [4.69, 9.17) is 0 Å². The summed E-state index contributed by atoms with van der Waals surface area (Å²) in [5.41, 5.74) is 0.560. The number of hydrogen-bond donors (Lipinski definition) is 1. The number of amides is 1. The molecule has 1 aromatic heterocycles. The lowest BCUT2D eigenvalue weighted by Crippen LogP contribution is -2.42. The van der Waals surface area contributed by atoms with Crippen LogP contribution in [0.3, 0.4) is 0 Å². The summed E-state index contributed by atoms with van der Waals surface area (Å²) in [5.74, 6) is 0.681. The molecule has 1 saturated heterocycles. The fourth-order valence-corrected chi connectivity index (χ4v) is 7.07. The summed E-state index contributed by atoms with van der Waals surface area (Å²) in [5, 5.41) is 15.4. The summed E-state index contributed by atoms with van der Waals surface area (Å²) in [6.07, 6.45) is 5.53. The van der Waals surface area contributed by atoms with Gasteiger partial charge in [-0.2, -0.15) is 4.31 Å². The third-order valence-electron chi connectivity index (χ3n) is 6.08. The first-order valence-corrected chi connectivity index (χ1v) is 13.6. The van der Waals surface area contributed by atoms with E-state index in [0.29, 0.717) is 41.8 Å². The van der Waals surface area contributed by atoms with Crippen LogP contribution < -0.4 is 5.32 Å². The highest BCUT2D eigenvalue weighted by molar-refractivity contribution is 7.99. The van der Waals surface area contributed by atoms with Crippen LogP contribution >= 0.6 is 11.8 Å². The molecule has 2 aliphatic rings. The molecule has 1 N–H and O–H groups in total. The topological polar surface area (TPSA) is 110 Å². The second-order valence-electron chi connectivity index (χ2n) is 8.97. The highest BCUT2D eigenvalue weighted by Gasteiger charge is 2.31. The van der Waals surface area contributed by atoms with E-state index < -0.39 is 10.0 Å². The van der Waals surface area contributed by atoms with Gasteiger partial charge in [0, 0.05) is 18.8 Å².